The van der Waals surface area contributed by atoms with E-state index < -0.39 is 29.3 Å². The summed E-state index contributed by atoms with van der Waals surface area (Å²) < 4.78 is 38.0. The molecule has 1 aromatic rings. The molecule has 41 heavy (non-hydrogen) atoms. The van der Waals surface area contributed by atoms with Crippen LogP contribution in [0.25, 0.3) is 0 Å². The second-order valence-electron chi connectivity index (χ2n) is 12.0. The second kappa shape index (κ2) is 12.9. The number of benzene rings is 1. The van der Waals surface area contributed by atoms with E-state index in [0.29, 0.717) is 50.6 Å². The van der Waals surface area contributed by atoms with E-state index in [4.69, 9.17) is 18.9 Å². The van der Waals surface area contributed by atoms with Crippen LogP contribution >= 0.6 is 0 Å². The van der Waals surface area contributed by atoms with E-state index in [2.05, 4.69) is 5.32 Å². The van der Waals surface area contributed by atoms with Crippen molar-refractivity contribution in [1.82, 2.24) is 10.2 Å². The number of amides is 3. The lowest BCUT2D eigenvalue weighted by Gasteiger charge is -2.41. The highest BCUT2D eigenvalue weighted by Crippen LogP contribution is 2.49. The first kappa shape index (κ1) is 31.0. The summed E-state index contributed by atoms with van der Waals surface area (Å²) in [6, 6.07) is 2.40. The number of ether oxygens (including phenoxy) is 4. The van der Waals surface area contributed by atoms with Crippen molar-refractivity contribution in [3.05, 3.63) is 23.5 Å². The first-order valence-corrected chi connectivity index (χ1v) is 14.6. The number of rotatable bonds is 11. The van der Waals surface area contributed by atoms with E-state index in [1.807, 2.05) is 27.7 Å². The Morgan fingerprint density at radius 3 is 2.68 bits per heavy atom. The number of halogens is 1. The minimum Gasteiger partial charge on any atom is -0.493 e. The molecule has 3 fully saturated rings. The van der Waals surface area contributed by atoms with Gasteiger partial charge in [-0.25, -0.2) is 9.18 Å². The SMILES string of the molecule is CCOC[C@@H](C)NC(=O)[C@H]1C[C@@H]2CN(C1)C(=O)OC(C)(C)C1CC1N(c1cc(OCCCOC)c(C)cc1F)C2=O. The van der Waals surface area contributed by atoms with Crippen LogP contribution in [0.4, 0.5) is 14.9 Å². The van der Waals surface area contributed by atoms with Crippen molar-refractivity contribution in [3.8, 4) is 5.75 Å². The smallest absolute Gasteiger partial charge is 0.410 e. The number of carbonyl (C=O) groups is 3. The van der Waals surface area contributed by atoms with E-state index in [0.717, 1.165) is 0 Å². The van der Waals surface area contributed by atoms with Crippen molar-refractivity contribution in [2.75, 3.05) is 51.5 Å². The Hall–Kier alpha value is -2.92. The fourth-order valence-corrected chi connectivity index (χ4v) is 5.92. The van der Waals surface area contributed by atoms with E-state index in [-0.39, 0.29) is 55.0 Å². The van der Waals surface area contributed by atoms with Crippen molar-refractivity contribution in [3.63, 3.8) is 0 Å². The predicted octanol–water partition coefficient (Wildman–Crippen LogP) is 3.68. The number of methoxy groups -OCH3 is 1. The first-order chi connectivity index (χ1) is 19.5. The molecule has 0 radical (unpaired) electrons. The number of anilines is 1. The number of aryl methyl sites for hydroxylation is 1. The van der Waals surface area contributed by atoms with Crippen molar-refractivity contribution >= 4 is 23.6 Å². The number of hydrogen-bond donors (Lipinski definition) is 1. The van der Waals surface area contributed by atoms with Crippen molar-refractivity contribution in [2.45, 2.75) is 71.6 Å². The van der Waals surface area contributed by atoms with Gasteiger partial charge in [0, 0.05) is 63.9 Å². The Morgan fingerprint density at radius 2 is 1.98 bits per heavy atom. The summed E-state index contributed by atoms with van der Waals surface area (Å²) in [4.78, 5) is 43.7. The summed E-state index contributed by atoms with van der Waals surface area (Å²) in [6.45, 7) is 11.2. The molecule has 5 atom stereocenters. The third kappa shape index (κ3) is 7.12. The fourth-order valence-electron chi connectivity index (χ4n) is 5.92. The summed E-state index contributed by atoms with van der Waals surface area (Å²) in [5.74, 6) is -2.09. The molecular formula is C30H44FN3O7. The molecule has 2 unspecified atom stereocenters. The molecule has 10 nitrogen and oxygen atoms in total. The van der Waals surface area contributed by atoms with Gasteiger partial charge in [0.2, 0.25) is 11.8 Å². The molecule has 11 heteroatoms. The molecule has 3 aliphatic rings. The number of piperidine rings is 1. The number of fused-ring (bicyclic) bond motifs is 3. The van der Waals surface area contributed by atoms with Crippen LogP contribution in [0.2, 0.25) is 0 Å². The van der Waals surface area contributed by atoms with Gasteiger partial charge in [0.1, 0.15) is 17.2 Å². The standard InChI is InChI=1S/C30H44FN3O7/c1-7-39-17-19(3)32-27(35)20-12-21-16-33(15-20)29(37)41-30(4,5)22-13-24(22)34(28(21)36)25-14-26(18(2)11-23(25)31)40-10-8-9-38-6/h11,14,19-22,24H,7-10,12-13,15-17H2,1-6H3,(H,32,35)/t19-,20+,21-,22?,24?/m1/s1. The quantitative estimate of drug-likeness (QED) is 0.400. The van der Waals surface area contributed by atoms with Gasteiger partial charge in [-0.15, -0.1) is 0 Å². The lowest BCUT2D eigenvalue weighted by Crippen LogP contribution is -2.56. The van der Waals surface area contributed by atoms with Gasteiger partial charge in [-0.2, -0.15) is 0 Å². The lowest BCUT2D eigenvalue weighted by atomic mass is 9.87. The molecule has 1 saturated carbocycles. The highest BCUT2D eigenvalue weighted by atomic mass is 19.1. The van der Waals surface area contributed by atoms with Gasteiger partial charge in [0.15, 0.2) is 0 Å². The summed E-state index contributed by atoms with van der Waals surface area (Å²) >= 11 is 0. The molecule has 3 amide bonds. The third-order valence-corrected chi connectivity index (χ3v) is 8.21. The molecule has 2 saturated heterocycles. The lowest BCUT2D eigenvalue weighted by molar-refractivity contribution is -0.131. The summed E-state index contributed by atoms with van der Waals surface area (Å²) in [5.41, 5.74) is -0.129. The van der Waals surface area contributed by atoms with Gasteiger partial charge in [0.25, 0.3) is 0 Å². The molecule has 1 aromatic carbocycles. The summed E-state index contributed by atoms with van der Waals surface area (Å²) in [6.07, 6.45) is 0.927. The van der Waals surface area contributed by atoms with Crippen LogP contribution in [-0.2, 0) is 23.8 Å². The molecule has 228 valence electrons. The normalized spacial score (nSPS) is 26.1. The number of carbonyl (C=O) groups excluding carboxylic acids is 3. The zero-order valence-electron chi connectivity index (χ0n) is 25.0. The topological polar surface area (TPSA) is 107 Å². The van der Waals surface area contributed by atoms with Crippen LogP contribution < -0.4 is 15.0 Å². The molecule has 2 heterocycles. The highest BCUT2D eigenvalue weighted by Gasteiger charge is 2.57. The maximum absolute atomic E-state index is 15.6. The van der Waals surface area contributed by atoms with Crippen LogP contribution in [-0.4, -0.2) is 87.1 Å². The monoisotopic (exact) mass is 577 g/mol. The number of nitrogens with zero attached hydrogens (tertiary/aromatic N) is 2. The minimum atomic E-state index is -0.894. The first-order valence-electron chi connectivity index (χ1n) is 14.6. The third-order valence-electron chi connectivity index (χ3n) is 8.21. The molecule has 0 spiro atoms. The van der Waals surface area contributed by atoms with Crippen molar-refractivity contribution < 1.29 is 37.7 Å². The highest BCUT2D eigenvalue weighted by molar-refractivity contribution is 5.98. The molecule has 0 aromatic heterocycles. The van der Waals surface area contributed by atoms with Gasteiger partial charge in [0.05, 0.1) is 30.7 Å². The molecule has 2 bridgehead atoms. The van der Waals surface area contributed by atoms with Crippen molar-refractivity contribution in [1.29, 1.82) is 0 Å². The van der Waals surface area contributed by atoms with Gasteiger partial charge in [-0.1, -0.05) is 0 Å². The van der Waals surface area contributed by atoms with E-state index >= 15 is 4.39 Å². The predicted molar refractivity (Wildman–Crippen MR) is 150 cm³/mol. The van der Waals surface area contributed by atoms with Crippen LogP contribution in [0.1, 0.15) is 52.5 Å². The van der Waals surface area contributed by atoms with Crippen LogP contribution in [0.5, 0.6) is 5.75 Å². The average molecular weight is 578 g/mol. The number of hydrogen-bond acceptors (Lipinski definition) is 7. The molecule has 1 N–H and O–H groups in total. The Labute approximate surface area is 241 Å². The zero-order chi connectivity index (χ0) is 29.9. The molecule has 1 aliphatic carbocycles. The Balaban J connectivity index is 1.65. The van der Waals surface area contributed by atoms with Crippen molar-refractivity contribution in [2.24, 2.45) is 17.8 Å². The minimum absolute atomic E-state index is 0.0910. The Kier molecular flexibility index (Phi) is 9.79. The maximum Gasteiger partial charge on any atom is 0.410 e. The van der Waals surface area contributed by atoms with Crippen LogP contribution in [0, 0.1) is 30.5 Å². The number of cyclic esters (lactones) is 1. The van der Waals surface area contributed by atoms with Crippen LogP contribution in [0.15, 0.2) is 12.1 Å². The van der Waals surface area contributed by atoms with Crippen LogP contribution in [0.3, 0.4) is 0 Å². The van der Waals surface area contributed by atoms with E-state index in [9.17, 15) is 14.4 Å². The van der Waals surface area contributed by atoms with Gasteiger partial charge >= 0.3 is 6.09 Å². The second-order valence-corrected chi connectivity index (χ2v) is 12.0. The largest absolute Gasteiger partial charge is 0.493 e. The fraction of sp³-hybridized carbons (Fsp3) is 0.700. The van der Waals surface area contributed by atoms with Gasteiger partial charge < -0.3 is 34.1 Å². The Morgan fingerprint density at radius 1 is 1.22 bits per heavy atom. The van der Waals surface area contributed by atoms with E-state index in [1.54, 1.807) is 20.1 Å². The number of nitrogens with one attached hydrogen (secondary N) is 1. The van der Waals surface area contributed by atoms with Gasteiger partial charge in [-0.05, 0) is 59.1 Å². The average Bonchev–Trinajstić information content (AvgIpc) is 3.72. The Bertz CT molecular complexity index is 1130. The van der Waals surface area contributed by atoms with Gasteiger partial charge in [-0.3, -0.25) is 9.59 Å². The summed E-state index contributed by atoms with van der Waals surface area (Å²) in [5, 5.41) is 2.94. The summed E-state index contributed by atoms with van der Waals surface area (Å²) in [7, 11) is 1.62. The molecule has 2 aliphatic heterocycles. The maximum atomic E-state index is 15.6. The molecule has 4 rings (SSSR count). The molecular weight excluding hydrogens is 533 g/mol. The zero-order valence-corrected chi connectivity index (χ0v) is 25.0. The van der Waals surface area contributed by atoms with E-state index in [1.165, 1.54) is 15.9 Å².